The van der Waals surface area contributed by atoms with E-state index in [1.54, 1.807) is 37.2 Å². The molecular weight excluding hydrogens is 763 g/mol. The van der Waals surface area contributed by atoms with Crippen LogP contribution in [-0.4, -0.2) is 92.3 Å². The van der Waals surface area contributed by atoms with E-state index in [4.69, 9.17) is 0 Å². The summed E-state index contributed by atoms with van der Waals surface area (Å²) in [5, 5.41) is 7.87. The van der Waals surface area contributed by atoms with E-state index in [2.05, 4.69) is 68.7 Å². The lowest BCUT2D eigenvalue weighted by atomic mass is 9.96. The Morgan fingerprint density at radius 1 is 0.705 bits per heavy atom. The first-order valence-corrected chi connectivity index (χ1v) is 21.0. The van der Waals surface area contributed by atoms with Crippen LogP contribution in [0.5, 0.6) is 0 Å². The molecule has 7 aromatic rings. The van der Waals surface area contributed by atoms with Gasteiger partial charge in [0.2, 0.25) is 11.8 Å². The molecule has 3 aliphatic heterocycles. The standard InChI is InChI=1S/C25H29N5O.C22H20N6O.CH4/c1-2-7-27-21-12-22-5-6-23(13-21)30(22)25(31)14-20-11-19-10-17(3-4-18(19)15-29-20)24-16-26-8-9-28-24;1-15-13-27-6-7-28(14-21(27)26-15)22(29)10-19-9-18-8-16(2-3-17(18)11-25-19)20-12-23-4-5-24-20;/h3-4,8-11,15-16,21-23,27H,2,5-7,12-14H2,1H3;2-5,8-9,11-13H,6-7,10,14H2,1H3;1H4/t21?,22-,23+;;. The third-order valence-corrected chi connectivity index (χ3v) is 11.9. The summed E-state index contributed by atoms with van der Waals surface area (Å²) >= 11 is 0. The van der Waals surface area contributed by atoms with Gasteiger partial charge in [-0.15, -0.1) is 0 Å². The lowest BCUT2D eigenvalue weighted by Gasteiger charge is -2.39. The number of nitrogens with zero attached hydrogens (tertiary/aromatic N) is 10. The van der Waals surface area contributed by atoms with Gasteiger partial charge in [-0.1, -0.05) is 38.6 Å². The van der Waals surface area contributed by atoms with E-state index >= 15 is 0 Å². The van der Waals surface area contributed by atoms with Crippen LogP contribution in [0.1, 0.15) is 69.4 Å². The van der Waals surface area contributed by atoms with Gasteiger partial charge >= 0.3 is 0 Å². The molecule has 13 nitrogen and oxygen atoms in total. The number of hydrogen-bond donors (Lipinski definition) is 1. The number of aromatic nitrogens is 8. The second kappa shape index (κ2) is 18.4. The molecule has 2 amide bonds. The van der Waals surface area contributed by atoms with E-state index < -0.39 is 0 Å². The number of piperidine rings is 1. The van der Waals surface area contributed by atoms with Crippen LogP contribution in [0.2, 0.25) is 0 Å². The number of aryl methyl sites for hydroxylation is 1. The summed E-state index contributed by atoms with van der Waals surface area (Å²) in [6.45, 7) is 7.28. The van der Waals surface area contributed by atoms with Crippen LogP contribution in [0.4, 0.5) is 0 Å². The van der Waals surface area contributed by atoms with Gasteiger partial charge < -0.3 is 19.7 Å². The third kappa shape index (κ3) is 9.31. The predicted molar refractivity (Wildman–Crippen MR) is 237 cm³/mol. The number of rotatable bonds is 9. The molecule has 0 aliphatic carbocycles. The first kappa shape index (κ1) is 41.3. The second-order valence-corrected chi connectivity index (χ2v) is 16.1. The monoisotopic (exact) mass is 815 g/mol. The molecule has 2 bridgehead atoms. The average molecular weight is 816 g/mol. The number of carbonyl (C=O) groups is 2. The van der Waals surface area contributed by atoms with E-state index in [0.29, 0.717) is 37.6 Å². The van der Waals surface area contributed by atoms with Crippen LogP contribution in [0.3, 0.4) is 0 Å². The first-order valence-electron chi connectivity index (χ1n) is 21.0. The predicted octanol–water partition coefficient (Wildman–Crippen LogP) is 7.17. The van der Waals surface area contributed by atoms with E-state index in [1.165, 1.54) is 0 Å². The van der Waals surface area contributed by atoms with Crippen LogP contribution >= 0.6 is 0 Å². The molecule has 1 unspecified atom stereocenters. The number of hydrogen-bond acceptors (Lipinski definition) is 10. The highest BCUT2D eigenvalue weighted by molar-refractivity contribution is 5.89. The number of pyridine rings is 2. The zero-order valence-electron chi connectivity index (χ0n) is 34.1. The van der Waals surface area contributed by atoms with Crippen LogP contribution in [-0.2, 0) is 35.5 Å². The molecule has 2 saturated heterocycles. The minimum absolute atomic E-state index is 0. The minimum atomic E-state index is 0. The molecule has 2 aromatic carbocycles. The number of carbonyl (C=O) groups excluding carboxylic acids is 2. The Kier molecular flexibility index (Phi) is 12.5. The van der Waals surface area contributed by atoms with Crippen LogP contribution < -0.4 is 5.32 Å². The number of benzene rings is 2. The van der Waals surface area contributed by atoms with Gasteiger partial charge in [0.15, 0.2) is 0 Å². The largest absolute Gasteiger partial charge is 0.336 e. The highest BCUT2D eigenvalue weighted by atomic mass is 16.2. The van der Waals surface area contributed by atoms with Crippen molar-refractivity contribution in [2.75, 3.05) is 13.1 Å². The molecule has 61 heavy (non-hydrogen) atoms. The Labute approximate surface area is 356 Å². The summed E-state index contributed by atoms with van der Waals surface area (Å²) in [6, 6.07) is 17.6. The Morgan fingerprint density at radius 3 is 1.85 bits per heavy atom. The SMILES string of the molecule is C.CCCNC1C[C@H]2CC[C@@H](C1)N2C(=O)Cc1cc2cc(-c3cnccn3)ccc2cn1.Cc1cn2c(n1)CN(C(=O)Cc1cc3cc(-c4cnccn4)ccc3cn1)CC2. The third-order valence-electron chi connectivity index (χ3n) is 11.9. The Balaban J connectivity index is 0.000000166. The van der Waals surface area contributed by atoms with Crippen molar-refractivity contribution in [2.45, 2.75) is 97.4 Å². The number of fused-ring (bicyclic) bond motifs is 5. The quantitative estimate of drug-likeness (QED) is 0.159. The van der Waals surface area contributed by atoms with Crippen LogP contribution in [0, 0.1) is 6.92 Å². The molecular formula is C48H53N11O2. The van der Waals surface area contributed by atoms with Crippen molar-refractivity contribution in [3.8, 4) is 22.5 Å². The smallest absolute Gasteiger partial charge is 0.229 e. The van der Waals surface area contributed by atoms with E-state index in [1.807, 2.05) is 66.8 Å². The molecule has 1 N–H and O–H groups in total. The van der Waals surface area contributed by atoms with E-state index in [0.717, 1.165) is 112 Å². The second-order valence-electron chi connectivity index (χ2n) is 16.1. The molecule has 5 aromatic heterocycles. The molecule has 0 spiro atoms. The Morgan fingerprint density at radius 2 is 1.30 bits per heavy atom. The molecule has 3 atom stereocenters. The normalized spacial score (nSPS) is 18.0. The van der Waals surface area contributed by atoms with Crippen molar-refractivity contribution in [2.24, 2.45) is 0 Å². The van der Waals surface area contributed by atoms with Gasteiger partial charge in [0.25, 0.3) is 0 Å². The summed E-state index contributed by atoms with van der Waals surface area (Å²) in [6.07, 6.45) is 22.2. The summed E-state index contributed by atoms with van der Waals surface area (Å²) < 4.78 is 2.13. The lowest BCUT2D eigenvalue weighted by Crippen LogP contribution is -2.52. The molecule has 3 aliphatic rings. The van der Waals surface area contributed by atoms with Crippen LogP contribution in [0.25, 0.3) is 44.1 Å². The molecule has 13 heteroatoms. The Bertz CT molecular complexity index is 2620. The fourth-order valence-electron chi connectivity index (χ4n) is 9.00. The maximum Gasteiger partial charge on any atom is 0.229 e. The zero-order valence-corrected chi connectivity index (χ0v) is 34.1. The van der Waals surface area contributed by atoms with Gasteiger partial charge in [0.05, 0.1) is 60.2 Å². The summed E-state index contributed by atoms with van der Waals surface area (Å²) in [5.74, 6) is 1.24. The van der Waals surface area contributed by atoms with Crippen LogP contribution in [0.15, 0.2) is 104 Å². The average Bonchev–Trinajstić information content (AvgIpc) is 3.80. The molecule has 0 radical (unpaired) electrons. The highest BCUT2D eigenvalue weighted by Crippen LogP contribution is 2.36. The fourth-order valence-corrected chi connectivity index (χ4v) is 9.00. The zero-order chi connectivity index (χ0) is 41.0. The van der Waals surface area contributed by atoms with Gasteiger partial charge in [-0.25, -0.2) is 4.98 Å². The highest BCUT2D eigenvalue weighted by Gasteiger charge is 2.42. The van der Waals surface area contributed by atoms with Crippen molar-refractivity contribution in [3.63, 3.8) is 0 Å². The molecule has 2 fully saturated rings. The van der Waals surface area contributed by atoms with Gasteiger partial charge in [0.1, 0.15) is 5.82 Å². The minimum Gasteiger partial charge on any atom is -0.336 e. The fraction of sp³-hybridized carbons (Fsp3) is 0.354. The van der Waals surface area contributed by atoms with Crippen molar-refractivity contribution < 1.29 is 9.59 Å². The summed E-state index contributed by atoms with van der Waals surface area (Å²) in [4.78, 5) is 60.7. The van der Waals surface area contributed by atoms with E-state index in [9.17, 15) is 9.59 Å². The molecule has 10 rings (SSSR count). The van der Waals surface area contributed by atoms with Gasteiger partial charge in [-0.05, 0) is 80.6 Å². The van der Waals surface area contributed by atoms with Crippen molar-refractivity contribution in [1.29, 1.82) is 0 Å². The molecule has 312 valence electrons. The maximum atomic E-state index is 13.2. The molecule has 8 heterocycles. The van der Waals surface area contributed by atoms with Gasteiger partial charge in [-0.2, -0.15) is 0 Å². The topological polar surface area (TPSA) is 148 Å². The number of amides is 2. The van der Waals surface area contributed by atoms with Gasteiger partial charge in [-0.3, -0.25) is 39.5 Å². The van der Waals surface area contributed by atoms with Crippen molar-refractivity contribution in [3.05, 3.63) is 127 Å². The molecule has 0 saturated carbocycles. The first-order chi connectivity index (χ1) is 29.4. The van der Waals surface area contributed by atoms with Gasteiger partial charge in [0, 0.05) is 96.5 Å². The van der Waals surface area contributed by atoms with Crippen molar-refractivity contribution in [1.82, 2.24) is 54.6 Å². The summed E-state index contributed by atoms with van der Waals surface area (Å²) in [5.41, 5.74) is 6.27. The van der Waals surface area contributed by atoms with E-state index in [-0.39, 0.29) is 25.7 Å². The summed E-state index contributed by atoms with van der Waals surface area (Å²) in [7, 11) is 0. The number of imidazole rings is 1. The Hall–Kier alpha value is -6.47. The van der Waals surface area contributed by atoms with Crippen molar-refractivity contribution >= 4 is 33.4 Å². The number of nitrogens with one attached hydrogen (secondary N) is 1. The maximum absolute atomic E-state index is 13.2. The lowest BCUT2D eigenvalue weighted by molar-refractivity contribution is -0.135.